The van der Waals surface area contributed by atoms with Crippen LogP contribution >= 0.6 is 0 Å². The second kappa shape index (κ2) is 9.57. The number of aliphatic hydroxyl groups is 2. The van der Waals surface area contributed by atoms with Crippen molar-refractivity contribution in [1.29, 1.82) is 0 Å². The van der Waals surface area contributed by atoms with Gasteiger partial charge < -0.3 is 10.2 Å². The molecule has 1 heterocycles. The molecule has 0 aromatic rings. The third kappa shape index (κ3) is 6.16. The lowest BCUT2D eigenvalue weighted by molar-refractivity contribution is -0.136. The molecule has 90 valence electrons. The number of nitrogens with one attached hydrogen (secondary N) is 1. The third-order valence-electron chi connectivity index (χ3n) is 1.83. The number of aliphatic hydroxyl groups excluding tert-OH is 2. The molecular weight excluding hydrogens is 200 g/mol. The number of likely N-dealkylation sites (N-methyl/N-ethyl adjacent to an activating group) is 1. The van der Waals surface area contributed by atoms with Crippen LogP contribution in [0.5, 0.6) is 0 Å². The molecule has 1 atom stereocenters. The van der Waals surface area contributed by atoms with Gasteiger partial charge in [0.2, 0.25) is 11.8 Å². The molecule has 3 N–H and O–H groups in total. The van der Waals surface area contributed by atoms with E-state index in [4.69, 9.17) is 10.2 Å². The minimum absolute atomic E-state index is 0.132. The molecular formula is C9H20N2O4. The highest BCUT2D eigenvalue weighted by Crippen LogP contribution is 2.08. The standard InChI is InChI=1S/C7H12N2O2.2CH4O/c1-9(2)5-3-4-6(10)8-7(5)11;2*1-2/h5H,3-4H2,1-2H3,(H,8,10,11);2*2H,1H3. The SMILES string of the molecule is CN(C)C1CCC(=O)NC1=O.CO.CO. The largest absolute Gasteiger partial charge is 0.400 e. The summed E-state index contributed by atoms with van der Waals surface area (Å²) in [6.45, 7) is 0. The van der Waals surface area contributed by atoms with Crippen LogP contribution in [-0.4, -0.2) is 61.3 Å². The zero-order valence-electron chi connectivity index (χ0n) is 9.65. The van der Waals surface area contributed by atoms with E-state index in [2.05, 4.69) is 5.32 Å². The Kier molecular flexibility index (Phi) is 10.5. The number of imide groups is 1. The lowest BCUT2D eigenvalue weighted by Gasteiger charge is -2.26. The highest BCUT2D eigenvalue weighted by Gasteiger charge is 2.27. The van der Waals surface area contributed by atoms with E-state index in [0.29, 0.717) is 12.8 Å². The zero-order valence-corrected chi connectivity index (χ0v) is 9.65. The summed E-state index contributed by atoms with van der Waals surface area (Å²) in [7, 11) is 5.67. The predicted molar refractivity (Wildman–Crippen MR) is 56.1 cm³/mol. The highest BCUT2D eigenvalue weighted by atomic mass is 16.2. The van der Waals surface area contributed by atoms with Crippen molar-refractivity contribution >= 4 is 11.8 Å². The van der Waals surface area contributed by atoms with Crippen molar-refractivity contribution in [2.75, 3.05) is 28.3 Å². The molecule has 1 aliphatic heterocycles. The summed E-state index contributed by atoms with van der Waals surface area (Å²) in [6.07, 6.45) is 1.09. The Bertz CT molecular complexity index is 195. The van der Waals surface area contributed by atoms with Gasteiger partial charge in [-0.25, -0.2) is 0 Å². The molecule has 1 unspecified atom stereocenters. The number of hydrogen-bond donors (Lipinski definition) is 3. The molecule has 0 aliphatic carbocycles. The van der Waals surface area contributed by atoms with E-state index in [1.165, 1.54) is 0 Å². The molecule has 0 spiro atoms. The fourth-order valence-electron chi connectivity index (χ4n) is 1.17. The first-order valence-electron chi connectivity index (χ1n) is 4.51. The number of carbonyl (C=O) groups is 2. The molecule has 0 radical (unpaired) electrons. The number of amides is 2. The van der Waals surface area contributed by atoms with Crippen molar-refractivity contribution in [3.63, 3.8) is 0 Å². The molecule has 6 nitrogen and oxygen atoms in total. The maximum Gasteiger partial charge on any atom is 0.243 e. The molecule has 6 heteroatoms. The summed E-state index contributed by atoms with van der Waals surface area (Å²) in [5, 5.41) is 16.3. The molecule has 0 saturated carbocycles. The van der Waals surface area contributed by atoms with E-state index >= 15 is 0 Å². The summed E-state index contributed by atoms with van der Waals surface area (Å²) in [5.74, 6) is -0.334. The zero-order chi connectivity index (χ0) is 12.4. The second-order valence-corrected chi connectivity index (χ2v) is 2.93. The van der Waals surface area contributed by atoms with Gasteiger partial charge in [-0.15, -0.1) is 0 Å². The Hall–Kier alpha value is -0.980. The van der Waals surface area contributed by atoms with Crippen LogP contribution in [0.25, 0.3) is 0 Å². The normalized spacial score (nSPS) is 19.5. The minimum atomic E-state index is -0.175. The molecule has 1 aliphatic rings. The van der Waals surface area contributed by atoms with Crippen LogP contribution in [0.15, 0.2) is 0 Å². The maximum atomic E-state index is 11.1. The van der Waals surface area contributed by atoms with Crippen molar-refractivity contribution in [1.82, 2.24) is 10.2 Å². The van der Waals surface area contributed by atoms with Gasteiger partial charge in [0, 0.05) is 20.6 Å². The van der Waals surface area contributed by atoms with Crippen LogP contribution in [0.2, 0.25) is 0 Å². The number of carbonyl (C=O) groups excluding carboxylic acids is 2. The number of piperidine rings is 1. The average Bonchev–Trinajstić information content (AvgIpc) is 2.23. The summed E-state index contributed by atoms with van der Waals surface area (Å²) in [4.78, 5) is 23.6. The van der Waals surface area contributed by atoms with Crippen molar-refractivity contribution in [3.8, 4) is 0 Å². The van der Waals surface area contributed by atoms with Crippen LogP contribution in [0.4, 0.5) is 0 Å². The van der Waals surface area contributed by atoms with Crippen LogP contribution in [0.3, 0.4) is 0 Å². The first-order chi connectivity index (χ1) is 7.11. The Morgan fingerprint density at radius 3 is 2.00 bits per heavy atom. The first-order valence-corrected chi connectivity index (χ1v) is 4.51. The first kappa shape index (κ1) is 16.4. The lowest BCUT2D eigenvalue weighted by Crippen LogP contribution is -2.50. The fraction of sp³-hybridized carbons (Fsp3) is 0.778. The van der Waals surface area contributed by atoms with Gasteiger partial charge in [-0.3, -0.25) is 19.8 Å². The Labute approximate surface area is 89.9 Å². The van der Waals surface area contributed by atoms with Gasteiger partial charge in [-0.1, -0.05) is 0 Å². The van der Waals surface area contributed by atoms with E-state index in [9.17, 15) is 9.59 Å². The topological polar surface area (TPSA) is 89.9 Å². The smallest absolute Gasteiger partial charge is 0.243 e. The summed E-state index contributed by atoms with van der Waals surface area (Å²) < 4.78 is 0. The number of hydrogen-bond acceptors (Lipinski definition) is 5. The van der Waals surface area contributed by atoms with Crippen molar-refractivity contribution in [2.45, 2.75) is 18.9 Å². The average molecular weight is 220 g/mol. The van der Waals surface area contributed by atoms with E-state index in [1.54, 1.807) is 0 Å². The Balaban J connectivity index is 0. The molecule has 2 amide bonds. The Morgan fingerprint density at radius 1 is 1.20 bits per heavy atom. The monoisotopic (exact) mass is 220 g/mol. The molecule has 15 heavy (non-hydrogen) atoms. The molecule has 1 saturated heterocycles. The van der Waals surface area contributed by atoms with E-state index in [0.717, 1.165) is 14.2 Å². The quantitative estimate of drug-likeness (QED) is 0.471. The summed E-state index contributed by atoms with van der Waals surface area (Å²) in [5.41, 5.74) is 0. The van der Waals surface area contributed by atoms with Crippen molar-refractivity contribution in [3.05, 3.63) is 0 Å². The molecule has 0 bridgehead atoms. The highest BCUT2D eigenvalue weighted by molar-refractivity contribution is 6.00. The van der Waals surface area contributed by atoms with Gasteiger partial charge in [0.05, 0.1) is 6.04 Å². The van der Waals surface area contributed by atoms with Crippen LogP contribution in [0, 0.1) is 0 Å². The number of rotatable bonds is 1. The van der Waals surface area contributed by atoms with Crippen molar-refractivity contribution in [2.24, 2.45) is 0 Å². The molecule has 1 rings (SSSR count). The summed E-state index contributed by atoms with van der Waals surface area (Å²) in [6, 6.07) is -0.132. The van der Waals surface area contributed by atoms with Gasteiger partial charge in [0.1, 0.15) is 0 Å². The van der Waals surface area contributed by atoms with Gasteiger partial charge in [0.25, 0.3) is 0 Å². The van der Waals surface area contributed by atoms with Crippen molar-refractivity contribution < 1.29 is 19.8 Å². The van der Waals surface area contributed by atoms with Gasteiger partial charge in [-0.05, 0) is 20.5 Å². The Morgan fingerprint density at radius 2 is 1.67 bits per heavy atom. The van der Waals surface area contributed by atoms with E-state index in [-0.39, 0.29) is 17.9 Å². The maximum absolute atomic E-state index is 11.1. The van der Waals surface area contributed by atoms with Gasteiger partial charge in [-0.2, -0.15) is 0 Å². The second-order valence-electron chi connectivity index (χ2n) is 2.93. The van der Waals surface area contributed by atoms with Crippen LogP contribution in [-0.2, 0) is 9.59 Å². The summed E-state index contributed by atoms with van der Waals surface area (Å²) >= 11 is 0. The lowest BCUT2D eigenvalue weighted by atomic mass is 10.1. The minimum Gasteiger partial charge on any atom is -0.400 e. The third-order valence-corrected chi connectivity index (χ3v) is 1.83. The fourth-order valence-corrected chi connectivity index (χ4v) is 1.17. The molecule has 0 aromatic heterocycles. The van der Waals surface area contributed by atoms with Gasteiger partial charge in [0.15, 0.2) is 0 Å². The predicted octanol–water partition coefficient (Wildman–Crippen LogP) is -1.43. The molecule has 0 aromatic carbocycles. The van der Waals surface area contributed by atoms with Crippen LogP contribution in [0.1, 0.15) is 12.8 Å². The van der Waals surface area contributed by atoms with Gasteiger partial charge >= 0.3 is 0 Å². The van der Waals surface area contributed by atoms with Crippen LogP contribution < -0.4 is 5.32 Å². The number of nitrogens with zero attached hydrogens (tertiary/aromatic N) is 1. The molecule has 1 fully saturated rings. The van der Waals surface area contributed by atoms with E-state index in [1.807, 2.05) is 19.0 Å². The van der Waals surface area contributed by atoms with E-state index < -0.39 is 0 Å².